The standard InChI is InChI=1S/C13H13IN2O3/c1-2-19-13(18)12-7-11(8-17)16(15-12)10-5-3-9(14)4-6-10/h3-7,17H,2,8H2,1H3. The van der Waals surface area contributed by atoms with Crippen LogP contribution in [0.2, 0.25) is 0 Å². The quantitative estimate of drug-likeness (QED) is 0.660. The van der Waals surface area contributed by atoms with Gasteiger partial charge in [0, 0.05) is 3.57 Å². The molecule has 0 aliphatic rings. The van der Waals surface area contributed by atoms with Crippen LogP contribution in [-0.2, 0) is 11.3 Å². The minimum Gasteiger partial charge on any atom is -0.461 e. The van der Waals surface area contributed by atoms with Gasteiger partial charge in [0.2, 0.25) is 0 Å². The maximum absolute atomic E-state index is 11.6. The molecule has 1 aromatic heterocycles. The van der Waals surface area contributed by atoms with E-state index in [0.717, 1.165) is 9.26 Å². The summed E-state index contributed by atoms with van der Waals surface area (Å²) in [5.41, 5.74) is 1.54. The first-order valence-electron chi connectivity index (χ1n) is 5.78. The maximum atomic E-state index is 11.6. The van der Waals surface area contributed by atoms with Crippen LogP contribution in [0.15, 0.2) is 30.3 Å². The smallest absolute Gasteiger partial charge is 0.358 e. The zero-order chi connectivity index (χ0) is 13.8. The largest absolute Gasteiger partial charge is 0.461 e. The third-order valence-corrected chi connectivity index (χ3v) is 3.22. The highest BCUT2D eigenvalue weighted by atomic mass is 127. The van der Waals surface area contributed by atoms with Crippen LogP contribution in [0.25, 0.3) is 5.69 Å². The molecule has 19 heavy (non-hydrogen) atoms. The number of carbonyl (C=O) groups is 1. The van der Waals surface area contributed by atoms with Crippen LogP contribution < -0.4 is 0 Å². The molecule has 0 saturated carbocycles. The number of rotatable bonds is 4. The van der Waals surface area contributed by atoms with Crippen LogP contribution >= 0.6 is 22.6 Å². The van der Waals surface area contributed by atoms with Gasteiger partial charge < -0.3 is 9.84 Å². The van der Waals surface area contributed by atoms with Crippen molar-refractivity contribution >= 4 is 28.6 Å². The molecular formula is C13H13IN2O3. The summed E-state index contributed by atoms with van der Waals surface area (Å²) in [6.45, 7) is 1.84. The highest BCUT2D eigenvalue weighted by Crippen LogP contribution is 2.15. The molecule has 0 aliphatic carbocycles. The summed E-state index contributed by atoms with van der Waals surface area (Å²) < 4.78 is 7.54. The zero-order valence-electron chi connectivity index (χ0n) is 10.3. The number of aliphatic hydroxyl groups is 1. The monoisotopic (exact) mass is 372 g/mol. The summed E-state index contributed by atoms with van der Waals surface area (Å²) in [5, 5.41) is 13.5. The average Bonchev–Trinajstić information content (AvgIpc) is 2.84. The Kier molecular flexibility index (Phi) is 4.54. The summed E-state index contributed by atoms with van der Waals surface area (Å²) in [6.07, 6.45) is 0. The number of esters is 1. The van der Waals surface area contributed by atoms with Gasteiger partial charge in [-0.25, -0.2) is 9.48 Å². The van der Waals surface area contributed by atoms with Gasteiger partial charge in [0.1, 0.15) is 0 Å². The van der Waals surface area contributed by atoms with Crippen LogP contribution in [0.3, 0.4) is 0 Å². The molecule has 2 aromatic rings. The van der Waals surface area contributed by atoms with Gasteiger partial charge in [-0.2, -0.15) is 5.10 Å². The summed E-state index contributed by atoms with van der Waals surface area (Å²) in [4.78, 5) is 11.6. The maximum Gasteiger partial charge on any atom is 0.358 e. The van der Waals surface area contributed by atoms with E-state index >= 15 is 0 Å². The lowest BCUT2D eigenvalue weighted by Gasteiger charge is -2.05. The highest BCUT2D eigenvalue weighted by molar-refractivity contribution is 14.1. The topological polar surface area (TPSA) is 64.3 Å². The number of halogens is 1. The normalized spacial score (nSPS) is 10.5. The Hall–Kier alpha value is -1.41. The zero-order valence-corrected chi connectivity index (χ0v) is 12.5. The van der Waals surface area contributed by atoms with E-state index in [-0.39, 0.29) is 12.3 Å². The van der Waals surface area contributed by atoms with Crippen molar-refractivity contribution in [1.82, 2.24) is 9.78 Å². The van der Waals surface area contributed by atoms with Gasteiger partial charge in [-0.15, -0.1) is 0 Å². The number of nitrogens with zero attached hydrogens (tertiary/aromatic N) is 2. The second kappa shape index (κ2) is 6.16. The van der Waals surface area contributed by atoms with Gasteiger partial charge in [-0.05, 0) is 59.8 Å². The molecule has 1 N–H and O–H groups in total. The van der Waals surface area contributed by atoms with Gasteiger partial charge in [0.15, 0.2) is 5.69 Å². The molecule has 1 aromatic carbocycles. The van der Waals surface area contributed by atoms with E-state index in [4.69, 9.17) is 4.74 Å². The Morgan fingerprint density at radius 3 is 2.68 bits per heavy atom. The van der Waals surface area contributed by atoms with E-state index in [2.05, 4.69) is 27.7 Å². The Balaban J connectivity index is 2.39. The first-order chi connectivity index (χ1) is 9.15. The summed E-state index contributed by atoms with van der Waals surface area (Å²) in [7, 11) is 0. The fourth-order valence-corrected chi connectivity index (χ4v) is 2.00. The van der Waals surface area contributed by atoms with E-state index in [9.17, 15) is 9.90 Å². The van der Waals surface area contributed by atoms with Gasteiger partial charge in [-0.3, -0.25) is 0 Å². The fraction of sp³-hybridized carbons (Fsp3) is 0.231. The predicted octanol–water partition coefficient (Wildman–Crippen LogP) is 2.15. The minimum atomic E-state index is -0.485. The van der Waals surface area contributed by atoms with Crippen molar-refractivity contribution in [1.29, 1.82) is 0 Å². The third-order valence-electron chi connectivity index (χ3n) is 2.50. The van der Waals surface area contributed by atoms with Crippen LogP contribution in [0.5, 0.6) is 0 Å². The van der Waals surface area contributed by atoms with Crippen LogP contribution in [-0.4, -0.2) is 27.5 Å². The predicted molar refractivity (Wildman–Crippen MR) is 78.2 cm³/mol. The Bertz CT molecular complexity index is 578. The lowest BCUT2D eigenvalue weighted by Crippen LogP contribution is -2.07. The molecule has 0 unspecified atom stereocenters. The Morgan fingerprint density at radius 1 is 1.42 bits per heavy atom. The van der Waals surface area contributed by atoms with Crippen molar-refractivity contribution in [2.45, 2.75) is 13.5 Å². The van der Waals surface area contributed by atoms with Crippen molar-refractivity contribution in [2.75, 3.05) is 6.61 Å². The number of carbonyl (C=O) groups excluding carboxylic acids is 1. The van der Waals surface area contributed by atoms with E-state index in [0.29, 0.717) is 12.3 Å². The molecule has 0 radical (unpaired) electrons. The van der Waals surface area contributed by atoms with Crippen LogP contribution in [0.4, 0.5) is 0 Å². The second-order valence-corrected chi connectivity index (χ2v) is 5.03. The minimum absolute atomic E-state index is 0.196. The Morgan fingerprint density at radius 2 is 2.11 bits per heavy atom. The highest BCUT2D eigenvalue weighted by Gasteiger charge is 2.15. The second-order valence-electron chi connectivity index (χ2n) is 3.79. The van der Waals surface area contributed by atoms with Crippen LogP contribution in [0.1, 0.15) is 23.1 Å². The van der Waals surface area contributed by atoms with Gasteiger partial charge in [0.25, 0.3) is 0 Å². The lowest BCUT2D eigenvalue weighted by atomic mass is 10.3. The molecule has 2 rings (SSSR count). The molecule has 0 aliphatic heterocycles. The summed E-state index contributed by atoms with van der Waals surface area (Å²) in [6, 6.07) is 9.16. The van der Waals surface area contributed by atoms with Gasteiger partial charge in [-0.1, -0.05) is 0 Å². The Labute approximate surface area is 124 Å². The fourth-order valence-electron chi connectivity index (χ4n) is 1.64. The molecule has 0 saturated heterocycles. The molecule has 0 bridgehead atoms. The first-order valence-corrected chi connectivity index (χ1v) is 6.86. The molecule has 100 valence electrons. The number of aliphatic hydroxyl groups excluding tert-OH is 1. The van der Waals surface area contributed by atoms with Gasteiger partial charge in [0.05, 0.1) is 24.6 Å². The number of hydrogen-bond acceptors (Lipinski definition) is 4. The molecule has 1 heterocycles. The van der Waals surface area contributed by atoms with Crippen molar-refractivity contribution in [3.63, 3.8) is 0 Å². The summed E-state index contributed by atoms with van der Waals surface area (Å²) >= 11 is 2.21. The molecule has 6 heteroatoms. The average molecular weight is 372 g/mol. The lowest BCUT2D eigenvalue weighted by molar-refractivity contribution is 0.0519. The van der Waals surface area contributed by atoms with E-state index < -0.39 is 5.97 Å². The van der Waals surface area contributed by atoms with Crippen molar-refractivity contribution in [3.8, 4) is 5.69 Å². The number of hydrogen-bond donors (Lipinski definition) is 1. The van der Waals surface area contributed by atoms with E-state index in [1.165, 1.54) is 6.07 Å². The van der Waals surface area contributed by atoms with E-state index in [1.54, 1.807) is 11.6 Å². The van der Waals surface area contributed by atoms with Gasteiger partial charge >= 0.3 is 5.97 Å². The van der Waals surface area contributed by atoms with Crippen molar-refractivity contribution < 1.29 is 14.6 Å². The molecule has 0 spiro atoms. The number of ether oxygens (including phenoxy) is 1. The molecule has 0 amide bonds. The first kappa shape index (κ1) is 14.0. The van der Waals surface area contributed by atoms with Crippen LogP contribution in [0, 0.1) is 3.57 Å². The molecular weight excluding hydrogens is 359 g/mol. The summed E-state index contributed by atoms with van der Waals surface area (Å²) in [5.74, 6) is -0.485. The molecule has 0 fully saturated rings. The molecule has 0 atom stereocenters. The van der Waals surface area contributed by atoms with Crippen molar-refractivity contribution in [3.05, 3.63) is 45.3 Å². The van der Waals surface area contributed by atoms with E-state index in [1.807, 2.05) is 24.3 Å². The SMILES string of the molecule is CCOC(=O)c1cc(CO)n(-c2ccc(I)cc2)n1. The number of aromatic nitrogens is 2. The molecule has 5 nitrogen and oxygen atoms in total. The number of benzene rings is 1. The van der Waals surface area contributed by atoms with Crippen molar-refractivity contribution in [2.24, 2.45) is 0 Å². The third kappa shape index (κ3) is 3.13.